The molecule has 0 saturated heterocycles. The van der Waals surface area contributed by atoms with E-state index < -0.39 is 11.7 Å². The van der Waals surface area contributed by atoms with E-state index in [-0.39, 0.29) is 12.5 Å². The minimum absolute atomic E-state index is 0.162. The quantitative estimate of drug-likeness (QED) is 0.902. The SMILES string of the molecule is CC(Oc1ccc(Br)cc1)C(=O)N(C)CC(C)(C)O. The van der Waals surface area contributed by atoms with Gasteiger partial charge in [-0.1, -0.05) is 15.9 Å². The van der Waals surface area contributed by atoms with Gasteiger partial charge in [0.25, 0.3) is 5.91 Å². The van der Waals surface area contributed by atoms with E-state index in [0.29, 0.717) is 5.75 Å². The molecular formula is C14H20BrNO3. The number of hydrogen-bond acceptors (Lipinski definition) is 3. The van der Waals surface area contributed by atoms with Crippen LogP contribution in [0.15, 0.2) is 28.7 Å². The summed E-state index contributed by atoms with van der Waals surface area (Å²) in [5.41, 5.74) is -0.915. The maximum Gasteiger partial charge on any atom is 0.263 e. The summed E-state index contributed by atoms with van der Waals surface area (Å²) in [6.45, 7) is 5.29. The van der Waals surface area contributed by atoms with Crippen molar-refractivity contribution in [2.75, 3.05) is 13.6 Å². The fourth-order valence-corrected chi connectivity index (χ4v) is 2.00. The third-order valence-corrected chi connectivity index (χ3v) is 3.00. The Labute approximate surface area is 122 Å². The Balaban J connectivity index is 2.59. The van der Waals surface area contributed by atoms with Crippen LogP contribution in [-0.2, 0) is 4.79 Å². The Morgan fingerprint density at radius 1 is 1.42 bits per heavy atom. The Morgan fingerprint density at radius 3 is 2.42 bits per heavy atom. The predicted octanol–water partition coefficient (Wildman–Crippen LogP) is 2.45. The van der Waals surface area contributed by atoms with Gasteiger partial charge in [-0.25, -0.2) is 0 Å². The van der Waals surface area contributed by atoms with Gasteiger partial charge in [-0.05, 0) is 45.0 Å². The van der Waals surface area contributed by atoms with Crippen LogP contribution in [0.2, 0.25) is 0 Å². The second-order valence-electron chi connectivity index (χ2n) is 5.22. The number of hydrogen-bond donors (Lipinski definition) is 1. The Morgan fingerprint density at radius 2 is 1.95 bits per heavy atom. The van der Waals surface area contributed by atoms with Gasteiger partial charge in [-0.2, -0.15) is 0 Å². The van der Waals surface area contributed by atoms with Gasteiger partial charge in [0.15, 0.2) is 6.10 Å². The molecule has 1 unspecified atom stereocenters. The van der Waals surface area contributed by atoms with Crippen LogP contribution < -0.4 is 4.74 Å². The first-order valence-corrected chi connectivity index (χ1v) is 6.88. The Hall–Kier alpha value is -1.07. The number of carbonyl (C=O) groups is 1. The standard InChI is InChI=1S/C14H20BrNO3/c1-10(13(17)16(4)9-14(2,3)18)19-12-7-5-11(15)6-8-12/h5-8,10,18H,9H2,1-4H3. The van der Waals surface area contributed by atoms with E-state index in [1.54, 1.807) is 40.0 Å². The van der Waals surface area contributed by atoms with E-state index >= 15 is 0 Å². The number of amides is 1. The highest BCUT2D eigenvalue weighted by molar-refractivity contribution is 9.10. The minimum Gasteiger partial charge on any atom is -0.481 e. The van der Waals surface area contributed by atoms with Crippen LogP contribution in [0.25, 0.3) is 0 Å². The third kappa shape index (κ3) is 5.61. The van der Waals surface area contributed by atoms with Gasteiger partial charge in [0.05, 0.1) is 5.60 Å². The van der Waals surface area contributed by atoms with E-state index in [2.05, 4.69) is 15.9 Å². The summed E-state index contributed by atoms with van der Waals surface area (Å²) in [7, 11) is 1.65. The summed E-state index contributed by atoms with van der Waals surface area (Å²) in [5.74, 6) is 0.478. The first-order chi connectivity index (χ1) is 8.69. The van der Waals surface area contributed by atoms with Gasteiger partial charge >= 0.3 is 0 Å². The van der Waals surface area contributed by atoms with Gasteiger partial charge in [-0.15, -0.1) is 0 Å². The summed E-state index contributed by atoms with van der Waals surface area (Å²) < 4.78 is 6.53. The zero-order valence-electron chi connectivity index (χ0n) is 11.7. The highest BCUT2D eigenvalue weighted by atomic mass is 79.9. The second-order valence-corrected chi connectivity index (χ2v) is 6.14. The fraction of sp³-hybridized carbons (Fsp3) is 0.500. The van der Waals surface area contributed by atoms with Crippen LogP contribution in [0, 0.1) is 0 Å². The number of ether oxygens (including phenoxy) is 1. The molecule has 1 aromatic carbocycles. The van der Waals surface area contributed by atoms with Crippen molar-refractivity contribution in [3.05, 3.63) is 28.7 Å². The van der Waals surface area contributed by atoms with Gasteiger partial charge < -0.3 is 14.7 Å². The molecule has 0 aliphatic carbocycles. The van der Waals surface area contributed by atoms with Crippen LogP contribution >= 0.6 is 15.9 Å². The average molecular weight is 330 g/mol. The molecular weight excluding hydrogens is 310 g/mol. The monoisotopic (exact) mass is 329 g/mol. The van der Waals surface area contributed by atoms with Crippen molar-refractivity contribution in [1.82, 2.24) is 4.90 Å². The van der Waals surface area contributed by atoms with Gasteiger partial charge in [0, 0.05) is 18.1 Å². The molecule has 106 valence electrons. The summed E-state index contributed by atoms with van der Waals surface area (Å²) in [5, 5.41) is 9.70. The first-order valence-electron chi connectivity index (χ1n) is 6.08. The lowest BCUT2D eigenvalue weighted by molar-refractivity contribution is -0.139. The van der Waals surface area contributed by atoms with E-state index in [9.17, 15) is 9.90 Å². The van der Waals surface area contributed by atoms with Crippen molar-refractivity contribution in [2.24, 2.45) is 0 Å². The lowest BCUT2D eigenvalue weighted by Gasteiger charge is -2.27. The summed E-state index contributed by atoms with van der Waals surface area (Å²) in [4.78, 5) is 13.5. The molecule has 1 N–H and O–H groups in total. The molecule has 1 amide bonds. The first kappa shape index (κ1) is 16.0. The average Bonchev–Trinajstić information content (AvgIpc) is 2.28. The molecule has 5 heteroatoms. The van der Waals surface area contributed by atoms with E-state index in [4.69, 9.17) is 4.74 Å². The number of benzene rings is 1. The molecule has 1 rings (SSSR count). The van der Waals surface area contributed by atoms with Crippen LogP contribution in [0.4, 0.5) is 0 Å². The van der Waals surface area contributed by atoms with Crippen molar-refractivity contribution >= 4 is 21.8 Å². The molecule has 4 nitrogen and oxygen atoms in total. The van der Waals surface area contributed by atoms with Crippen LogP contribution in [-0.4, -0.2) is 41.2 Å². The van der Waals surface area contributed by atoms with Crippen LogP contribution in [0.3, 0.4) is 0 Å². The van der Waals surface area contributed by atoms with Crippen molar-refractivity contribution < 1.29 is 14.6 Å². The normalized spacial score (nSPS) is 12.9. The molecule has 0 fully saturated rings. The second kappa shape index (κ2) is 6.39. The molecule has 0 spiro atoms. The Bertz CT molecular complexity index is 425. The number of halogens is 1. The van der Waals surface area contributed by atoms with E-state index in [1.807, 2.05) is 12.1 Å². The number of carbonyl (C=O) groups excluding carboxylic acids is 1. The molecule has 19 heavy (non-hydrogen) atoms. The number of likely N-dealkylation sites (N-methyl/N-ethyl adjacent to an activating group) is 1. The number of aliphatic hydroxyl groups is 1. The molecule has 0 aromatic heterocycles. The van der Waals surface area contributed by atoms with Gasteiger partial charge in [-0.3, -0.25) is 4.79 Å². The number of rotatable bonds is 5. The van der Waals surface area contributed by atoms with E-state index in [1.165, 1.54) is 4.90 Å². The lowest BCUT2D eigenvalue weighted by atomic mass is 10.1. The van der Waals surface area contributed by atoms with Crippen LogP contribution in [0.5, 0.6) is 5.75 Å². The number of nitrogens with zero attached hydrogens (tertiary/aromatic N) is 1. The molecule has 0 bridgehead atoms. The highest BCUT2D eigenvalue weighted by Crippen LogP contribution is 2.18. The minimum atomic E-state index is -0.915. The van der Waals surface area contributed by atoms with Gasteiger partial charge in [0.1, 0.15) is 5.75 Å². The molecule has 1 aromatic rings. The molecule has 0 aliphatic heterocycles. The molecule has 1 atom stereocenters. The van der Waals surface area contributed by atoms with Crippen molar-refractivity contribution in [3.8, 4) is 5.75 Å². The van der Waals surface area contributed by atoms with Gasteiger partial charge in [0.2, 0.25) is 0 Å². The van der Waals surface area contributed by atoms with Crippen LogP contribution in [0.1, 0.15) is 20.8 Å². The summed E-state index contributed by atoms with van der Waals surface area (Å²) >= 11 is 3.34. The fourth-order valence-electron chi connectivity index (χ4n) is 1.74. The Kier molecular flexibility index (Phi) is 5.38. The van der Waals surface area contributed by atoms with Crippen molar-refractivity contribution in [2.45, 2.75) is 32.5 Å². The largest absolute Gasteiger partial charge is 0.481 e. The zero-order valence-corrected chi connectivity index (χ0v) is 13.3. The molecule has 0 radical (unpaired) electrons. The zero-order chi connectivity index (χ0) is 14.6. The maximum absolute atomic E-state index is 12.1. The van der Waals surface area contributed by atoms with Crippen molar-refractivity contribution in [1.29, 1.82) is 0 Å². The smallest absolute Gasteiger partial charge is 0.263 e. The third-order valence-electron chi connectivity index (χ3n) is 2.47. The molecule has 0 aliphatic rings. The highest BCUT2D eigenvalue weighted by Gasteiger charge is 2.24. The molecule has 0 saturated carbocycles. The maximum atomic E-state index is 12.1. The van der Waals surface area contributed by atoms with E-state index in [0.717, 1.165) is 4.47 Å². The predicted molar refractivity (Wildman–Crippen MR) is 78.2 cm³/mol. The summed E-state index contributed by atoms with van der Waals surface area (Å²) in [6, 6.07) is 7.30. The topological polar surface area (TPSA) is 49.8 Å². The molecule has 0 heterocycles. The summed E-state index contributed by atoms with van der Waals surface area (Å²) in [6.07, 6.45) is -0.589. The lowest BCUT2D eigenvalue weighted by Crippen LogP contribution is -2.44. The van der Waals surface area contributed by atoms with Crippen molar-refractivity contribution in [3.63, 3.8) is 0 Å².